The van der Waals surface area contributed by atoms with E-state index in [4.69, 9.17) is 11.1 Å². The number of nitrogens with zero attached hydrogens (tertiary/aromatic N) is 1. The monoisotopic (exact) mass is 329 g/mol. The zero-order valence-corrected chi connectivity index (χ0v) is 13.9. The van der Waals surface area contributed by atoms with Crippen molar-refractivity contribution in [2.75, 3.05) is 7.05 Å². The van der Waals surface area contributed by atoms with Gasteiger partial charge < -0.3 is 11.1 Å². The molecule has 2 rings (SSSR count). The normalized spacial score (nSPS) is 8.68. The van der Waals surface area contributed by atoms with Crippen LogP contribution in [0.4, 0.5) is 0 Å². The number of hydrogen-bond acceptors (Lipinski definition) is 1. The Kier molecular flexibility index (Phi) is 10.3. The van der Waals surface area contributed by atoms with Crippen LogP contribution in [0.15, 0.2) is 60.7 Å². The van der Waals surface area contributed by atoms with Crippen molar-refractivity contribution < 1.29 is 32.7 Å². The molecule has 0 fully saturated rings. The van der Waals surface area contributed by atoms with Gasteiger partial charge in [0.15, 0.2) is 0 Å². The van der Waals surface area contributed by atoms with Crippen LogP contribution in [0.1, 0.15) is 11.1 Å². The van der Waals surface area contributed by atoms with Gasteiger partial charge in [-0.15, -0.1) is 6.54 Å². The molecule has 4 heteroatoms. The van der Waals surface area contributed by atoms with E-state index in [0.29, 0.717) is 0 Å². The van der Waals surface area contributed by atoms with Crippen molar-refractivity contribution in [1.82, 2.24) is 0 Å². The second kappa shape index (κ2) is 10.9. The first-order valence-electron chi connectivity index (χ1n) is 5.73. The molecule has 1 radical (unpaired) electrons. The molecule has 19 heavy (non-hydrogen) atoms. The maximum atomic E-state index is 7.01. The van der Waals surface area contributed by atoms with Crippen molar-refractivity contribution in [2.24, 2.45) is 5.73 Å². The molecule has 0 spiro atoms. The summed E-state index contributed by atoms with van der Waals surface area (Å²) in [5.74, 6) is 0.121. The summed E-state index contributed by atoms with van der Waals surface area (Å²) in [6.07, 6.45) is 0. The summed E-state index contributed by atoms with van der Waals surface area (Å²) in [7, 11) is 1.83. The molecule has 0 bridgehead atoms. The zero-order chi connectivity index (χ0) is 13.2. The van der Waals surface area contributed by atoms with Gasteiger partial charge in [-0.05, 0) is 0 Å². The summed E-state index contributed by atoms with van der Waals surface area (Å²) in [6, 6.07) is 19.4. The van der Waals surface area contributed by atoms with Gasteiger partial charge in [-0.25, -0.2) is 0 Å². The van der Waals surface area contributed by atoms with Crippen LogP contribution in [-0.2, 0) is 39.3 Å². The van der Waals surface area contributed by atoms with Gasteiger partial charge >= 0.3 is 0 Å². The molecule has 0 aliphatic carbocycles. The van der Waals surface area contributed by atoms with Gasteiger partial charge in [-0.1, -0.05) is 66.2 Å². The molecule has 2 aromatic carbocycles. The molecule has 0 saturated heterocycles. The Hall–Kier alpha value is -1.03. The van der Waals surface area contributed by atoms with Crippen LogP contribution in [0, 0.1) is 5.41 Å². The average Bonchev–Trinajstić information content (AvgIpc) is 2.42. The number of amidine groups is 1. The predicted octanol–water partition coefficient (Wildman–Crippen LogP) is 3.16. The Labute approximate surface area is 140 Å². The molecular formula is C15H18N3Y-. The van der Waals surface area contributed by atoms with E-state index in [0.717, 1.165) is 12.1 Å². The maximum absolute atomic E-state index is 7.01. The second-order valence-electron chi connectivity index (χ2n) is 3.74. The van der Waals surface area contributed by atoms with Crippen LogP contribution in [0.3, 0.4) is 0 Å². The van der Waals surface area contributed by atoms with E-state index in [1.165, 1.54) is 5.56 Å². The fourth-order valence-electron chi connectivity index (χ4n) is 1.38. The third-order valence-electron chi connectivity index (χ3n) is 2.27. The smallest absolute Gasteiger partial charge is 0.122 e. The van der Waals surface area contributed by atoms with Crippen molar-refractivity contribution in [3.63, 3.8) is 0 Å². The summed E-state index contributed by atoms with van der Waals surface area (Å²) in [4.78, 5) is 0. The van der Waals surface area contributed by atoms with Gasteiger partial charge in [0.05, 0.1) is 0 Å². The maximum Gasteiger partial charge on any atom is 0.122 e. The fourth-order valence-corrected chi connectivity index (χ4v) is 1.38. The second-order valence-corrected chi connectivity index (χ2v) is 3.74. The summed E-state index contributed by atoms with van der Waals surface area (Å²) >= 11 is 0. The Morgan fingerprint density at radius 1 is 1.00 bits per heavy atom. The molecule has 0 unspecified atom stereocenters. The largest absolute Gasteiger partial charge is 0.661 e. The van der Waals surface area contributed by atoms with E-state index in [-0.39, 0.29) is 38.5 Å². The summed E-state index contributed by atoms with van der Waals surface area (Å²) in [5, 5.41) is 11.0. The number of nitrogens with one attached hydrogen (secondary N) is 1. The van der Waals surface area contributed by atoms with Crippen LogP contribution in [0.2, 0.25) is 0 Å². The molecule has 0 heterocycles. The van der Waals surface area contributed by atoms with E-state index in [1.807, 2.05) is 55.6 Å². The van der Waals surface area contributed by atoms with E-state index >= 15 is 0 Å². The molecule has 97 valence electrons. The van der Waals surface area contributed by atoms with Crippen molar-refractivity contribution in [2.45, 2.75) is 6.54 Å². The molecule has 0 amide bonds. The average molecular weight is 329 g/mol. The minimum absolute atomic E-state index is 0. The molecular weight excluding hydrogens is 311 g/mol. The van der Waals surface area contributed by atoms with Crippen molar-refractivity contribution >= 4 is 5.84 Å². The summed E-state index contributed by atoms with van der Waals surface area (Å²) in [6.45, 7) is 0.834. The Morgan fingerprint density at radius 3 is 1.84 bits per heavy atom. The van der Waals surface area contributed by atoms with Crippen LogP contribution >= 0.6 is 0 Å². The van der Waals surface area contributed by atoms with Crippen LogP contribution in [0.25, 0.3) is 5.32 Å². The Morgan fingerprint density at radius 2 is 1.47 bits per heavy atom. The summed E-state index contributed by atoms with van der Waals surface area (Å²) in [5.41, 5.74) is 7.25. The van der Waals surface area contributed by atoms with Gasteiger partial charge in [-0.2, -0.15) is 7.05 Å². The topological polar surface area (TPSA) is 64.0 Å². The molecule has 2 aromatic rings. The molecule has 0 saturated carbocycles. The third kappa shape index (κ3) is 7.88. The van der Waals surface area contributed by atoms with Gasteiger partial charge in [0, 0.05) is 38.3 Å². The first-order valence-corrected chi connectivity index (χ1v) is 5.73. The molecule has 0 aliphatic heterocycles. The number of hydrogen-bond donors (Lipinski definition) is 2. The minimum Gasteiger partial charge on any atom is -0.661 e. The third-order valence-corrected chi connectivity index (χ3v) is 2.27. The van der Waals surface area contributed by atoms with Gasteiger partial charge in [0.25, 0.3) is 0 Å². The minimum atomic E-state index is 0. The molecule has 0 aromatic heterocycles. The van der Waals surface area contributed by atoms with E-state index in [9.17, 15) is 0 Å². The molecule has 0 atom stereocenters. The van der Waals surface area contributed by atoms with Crippen molar-refractivity contribution in [3.8, 4) is 0 Å². The first kappa shape index (κ1) is 18.0. The van der Waals surface area contributed by atoms with Gasteiger partial charge in [0.1, 0.15) is 5.84 Å². The van der Waals surface area contributed by atoms with E-state index in [2.05, 4.69) is 17.4 Å². The van der Waals surface area contributed by atoms with E-state index < -0.39 is 0 Å². The number of rotatable bonds is 3. The van der Waals surface area contributed by atoms with Crippen LogP contribution < -0.4 is 5.73 Å². The van der Waals surface area contributed by atoms with Crippen LogP contribution in [0.5, 0.6) is 0 Å². The molecule has 0 aliphatic rings. The fraction of sp³-hybridized carbons (Fsp3) is 0.133. The van der Waals surface area contributed by atoms with Gasteiger partial charge in [-0.3, -0.25) is 5.41 Å². The Balaban J connectivity index is 0.000000324. The molecule has 3 nitrogen and oxygen atoms in total. The summed E-state index contributed by atoms with van der Waals surface area (Å²) < 4.78 is 0. The first-order chi connectivity index (χ1) is 8.74. The SMILES string of the molecule is C[N-]Cc1ccccc1.N=C(N)c1ccccc1.[Y]. The number of nitrogens with two attached hydrogens (primary N) is 1. The number of benzene rings is 2. The molecule has 3 N–H and O–H groups in total. The van der Waals surface area contributed by atoms with Crippen molar-refractivity contribution in [1.29, 1.82) is 5.41 Å². The Bertz CT molecular complexity index is 457. The number of nitrogen functional groups attached to an aromatic ring is 1. The van der Waals surface area contributed by atoms with Crippen LogP contribution in [-0.4, -0.2) is 12.9 Å². The standard InChI is InChI=1S/C8H10N.C7H8N2.Y/c1-9-7-8-5-3-2-4-6-8;8-7(9)6-4-2-1-3-5-6;/h2-6H,7H2,1H3;1-5H,(H3,8,9);/q-1;;. The van der Waals surface area contributed by atoms with E-state index in [1.54, 1.807) is 0 Å². The quantitative estimate of drug-likeness (QED) is 0.659. The van der Waals surface area contributed by atoms with Crippen molar-refractivity contribution in [3.05, 3.63) is 77.1 Å². The predicted molar refractivity (Wildman–Crippen MR) is 76.9 cm³/mol. The zero-order valence-electron chi connectivity index (χ0n) is 11.1. The van der Waals surface area contributed by atoms with Gasteiger partial charge in [0.2, 0.25) is 0 Å².